The molecule has 1 fully saturated rings. The van der Waals surface area contributed by atoms with E-state index in [9.17, 15) is 4.79 Å². The number of hydrogen-bond acceptors (Lipinski definition) is 4. The van der Waals surface area contributed by atoms with Crippen molar-refractivity contribution in [3.05, 3.63) is 22.8 Å². The summed E-state index contributed by atoms with van der Waals surface area (Å²) in [5, 5.41) is 0. The molecule has 4 nitrogen and oxygen atoms in total. The number of hydrogen-bond donors (Lipinski definition) is 0. The first-order chi connectivity index (χ1) is 7.69. The van der Waals surface area contributed by atoms with Gasteiger partial charge in [0.2, 0.25) is 5.88 Å². The fraction of sp³-hybridized carbons (Fsp3) is 0.455. The number of carbonyl (C=O) groups excluding carboxylic acids is 1. The molecule has 0 spiro atoms. The van der Waals surface area contributed by atoms with Crippen molar-refractivity contribution in [2.75, 3.05) is 7.11 Å². The lowest BCUT2D eigenvalue weighted by Gasteiger charge is -2.32. The Bertz CT molecular complexity index is 391. The molecule has 0 radical (unpaired) electrons. The van der Waals surface area contributed by atoms with E-state index in [0.29, 0.717) is 18.7 Å². The van der Waals surface area contributed by atoms with E-state index < -0.39 is 0 Å². The van der Waals surface area contributed by atoms with Gasteiger partial charge in [-0.15, -0.1) is 0 Å². The highest BCUT2D eigenvalue weighted by Gasteiger charge is 2.37. The Morgan fingerprint density at radius 2 is 2.31 bits per heavy atom. The molecule has 1 aliphatic carbocycles. The first-order valence-electron chi connectivity index (χ1n) is 5.05. The number of esters is 1. The normalized spacial score (nSPS) is 23.4. The van der Waals surface area contributed by atoms with Crippen LogP contribution < -0.4 is 4.74 Å². The van der Waals surface area contributed by atoms with Crippen LogP contribution in [0.2, 0.25) is 0 Å². The summed E-state index contributed by atoms with van der Waals surface area (Å²) < 4.78 is 11.2. The van der Waals surface area contributed by atoms with Gasteiger partial charge in [0.15, 0.2) is 0 Å². The Balaban J connectivity index is 1.84. The van der Waals surface area contributed by atoms with E-state index in [1.165, 1.54) is 7.11 Å². The van der Waals surface area contributed by atoms with Crippen molar-refractivity contribution >= 4 is 21.9 Å². The fourth-order valence-electron chi connectivity index (χ4n) is 1.64. The lowest BCUT2D eigenvalue weighted by atomic mass is 9.82. The van der Waals surface area contributed by atoms with E-state index in [0.717, 1.165) is 4.47 Å². The van der Waals surface area contributed by atoms with Gasteiger partial charge in [0.25, 0.3) is 0 Å². The highest BCUT2D eigenvalue weighted by Crippen LogP contribution is 2.32. The summed E-state index contributed by atoms with van der Waals surface area (Å²) in [6, 6.07) is 3.65. The van der Waals surface area contributed by atoms with Gasteiger partial charge in [-0.3, -0.25) is 4.79 Å². The van der Waals surface area contributed by atoms with Gasteiger partial charge in [-0.05, 0) is 18.9 Å². The van der Waals surface area contributed by atoms with Crippen molar-refractivity contribution in [1.29, 1.82) is 0 Å². The highest BCUT2D eigenvalue weighted by atomic mass is 79.9. The number of pyridine rings is 1. The summed E-state index contributed by atoms with van der Waals surface area (Å²) >= 11 is 3.34. The van der Waals surface area contributed by atoms with Gasteiger partial charge in [-0.1, -0.05) is 15.9 Å². The predicted molar refractivity (Wildman–Crippen MR) is 61.1 cm³/mol. The van der Waals surface area contributed by atoms with Gasteiger partial charge in [0.05, 0.1) is 13.0 Å². The summed E-state index contributed by atoms with van der Waals surface area (Å²) in [6.07, 6.45) is 3.17. The van der Waals surface area contributed by atoms with Crippen molar-refractivity contribution in [1.82, 2.24) is 4.98 Å². The molecule has 2 rings (SSSR count). The molecular formula is C11H12BrNO3. The van der Waals surface area contributed by atoms with Crippen molar-refractivity contribution in [3.8, 4) is 5.88 Å². The SMILES string of the molecule is COC(=O)[C@H]1C[C@H](Oc2cc(Br)ccn2)C1. The van der Waals surface area contributed by atoms with E-state index in [1.54, 1.807) is 6.20 Å². The lowest BCUT2D eigenvalue weighted by Crippen LogP contribution is -2.38. The van der Waals surface area contributed by atoms with E-state index >= 15 is 0 Å². The molecule has 5 heteroatoms. The predicted octanol–water partition coefficient (Wildman–Crippen LogP) is 2.17. The molecule has 1 saturated carbocycles. The van der Waals surface area contributed by atoms with Crippen LogP contribution in [-0.4, -0.2) is 24.2 Å². The summed E-state index contributed by atoms with van der Waals surface area (Å²) in [5.41, 5.74) is 0. The Hall–Kier alpha value is -1.10. The molecular weight excluding hydrogens is 274 g/mol. The van der Waals surface area contributed by atoms with Gasteiger partial charge in [0.1, 0.15) is 6.10 Å². The smallest absolute Gasteiger partial charge is 0.308 e. The van der Waals surface area contributed by atoms with E-state index in [4.69, 9.17) is 4.74 Å². The zero-order valence-corrected chi connectivity index (χ0v) is 10.4. The van der Waals surface area contributed by atoms with Crippen LogP contribution in [0.3, 0.4) is 0 Å². The van der Waals surface area contributed by atoms with Crippen LogP contribution >= 0.6 is 15.9 Å². The number of nitrogens with zero attached hydrogens (tertiary/aromatic N) is 1. The Labute approximate surface area is 102 Å². The quantitative estimate of drug-likeness (QED) is 0.799. The first kappa shape index (κ1) is 11.4. The van der Waals surface area contributed by atoms with Gasteiger partial charge in [-0.25, -0.2) is 4.98 Å². The molecule has 16 heavy (non-hydrogen) atoms. The van der Waals surface area contributed by atoms with Gasteiger partial charge < -0.3 is 9.47 Å². The summed E-state index contributed by atoms with van der Waals surface area (Å²) in [7, 11) is 1.41. The van der Waals surface area contributed by atoms with E-state index in [1.807, 2.05) is 12.1 Å². The van der Waals surface area contributed by atoms with Crippen LogP contribution in [0.5, 0.6) is 5.88 Å². The molecule has 1 aromatic heterocycles. The van der Waals surface area contributed by atoms with Crippen LogP contribution in [0.25, 0.3) is 0 Å². The Morgan fingerprint density at radius 3 is 2.94 bits per heavy atom. The Morgan fingerprint density at radius 1 is 1.56 bits per heavy atom. The molecule has 0 N–H and O–H groups in total. The third-order valence-corrected chi connectivity index (χ3v) is 3.11. The maximum absolute atomic E-state index is 11.1. The van der Waals surface area contributed by atoms with Gasteiger partial charge >= 0.3 is 5.97 Å². The van der Waals surface area contributed by atoms with Gasteiger partial charge in [-0.2, -0.15) is 0 Å². The lowest BCUT2D eigenvalue weighted by molar-refractivity contribution is -0.151. The maximum atomic E-state index is 11.1. The molecule has 1 aromatic rings. The summed E-state index contributed by atoms with van der Waals surface area (Å²) in [4.78, 5) is 15.2. The van der Waals surface area contributed by atoms with Crippen molar-refractivity contribution in [2.24, 2.45) is 5.92 Å². The van der Waals surface area contributed by atoms with Gasteiger partial charge in [0, 0.05) is 16.7 Å². The van der Waals surface area contributed by atoms with Crippen molar-refractivity contribution < 1.29 is 14.3 Å². The Kier molecular flexibility index (Phi) is 3.43. The third-order valence-electron chi connectivity index (χ3n) is 2.61. The molecule has 0 unspecified atom stereocenters. The van der Waals surface area contributed by atoms with Crippen molar-refractivity contribution in [2.45, 2.75) is 18.9 Å². The molecule has 0 aliphatic heterocycles. The largest absolute Gasteiger partial charge is 0.474 e. The number of rotatable bonds is 3. The topological polar surface area (TPSA) is 48.4 Å². The minimum absolute atomic E-state index is 0.0119. The maximum Gasteiger partial charge on any atom is 0.308 e. The second-order valence-electron chi connectivity index (χ2n) is 3.74. The molecule has 0 bridgehead atoms. The minimum atomic E-state index is -0.151. The second-order valence-corrected chi connectivity index (χ2v) is 4.66. The zero-order chi connectivity index (χ0) is 11.5. The fourth-order valence-corrected chi connectivity index (χ4v) is 1.96. The average molecular weight is 286 g/mol. The number of halogens is 1. The van der Waals surface area contributed by atoms with Crippen LogP contribution in [0, 0.1) is 5.92 Å². The molecule has 0 aromatic carbocycles. The van der Waals surface area contributed by atoms with Crippen LogP contribution in [-0.2, 0) is 9.53 Å². The number of aromatic nitrogens is 1. The zero-order valence-electron chi connectivity index (χ0n) is 8.85. The number of methoxy groups -OCH3 is 1. The highest BCUT2D eigenvalue weighted by molar-refractivity contribution is 9.10. The molecule has 1 heterocycles. The number of ether oxygens (including phenoxy) is 2. The molecule has 0 amide bonds. The molecule has 86 valence electrons. The average Bonchev–Trinajstić information content (AvgIpc) is 2.22. The van der Waals surface area contributed by atoms with Crippen molar-refractivity contribution in [3.63, 3.8) is 0 Å². The summed E-state index contributed by atoms with van der Waals surface area (Å²) in [5.74, 6) is 0.423. The molecule has 0 atom stereocenters. The second kappa shape index (κ2) is 4.82. The minimum Gasteiger partial charge on any atom is -0.474 e. The van der Waals surface area contributed by atoms with Crippen LogP contribution in [0.4, 0.5) is 0 Å². The van der Waals surface area contributed by atoms with Crippen LogP contribution in [0.15, 0.2) is 22.8 Å². The standard InChI is InChI=1S/C11H12BrNO3/c1-15-11(14)7-4-9(5-7)16-10-6-8(12)2-3-13-10/h2-3,6-7,9H,4-5H2,1H3/t7-,9-. The monoisotopic (exact) mass is 285 g/mol. The molecule has 0 saturated heterocycles. The summed E-state index contributed by atoms with van der Waals surface area (Å²) in [6.45, 7) is 0. The van der Waals surface area contributed by atoms with E-state index in [-0.39, 0.29) is 18.0 Å². The van der Waals surface area contributed by atoms with Crippen LogP contribution in [0.1, 0.15) is 12.8 Å². The molecule has 1 aliphatic rings. The third kappa shape index (κ3) is 2.52. The van der Waals surface area contributed by atoms with E-state index in [2.05, 4.69) is 25.7 Å². The number of carbonyl (C=O) groups is 1. The first-order valence-corrected chi connectivity index (χ1v) is 5.84.